The monoisotopic (exact) mass is 318 g/mol. The quantitative estimate of drug-likeness (QED) is 0.551. The SMILES string of the molecule is OC1CCC2C3CCC45CC6(CCC4(O5)C3=CCC12)OCCO6. The van der Waals surface area contributed by atoms with Crippen LogP contribution in [0.15, 0.2) is 11.6 Å². The topological polar surface area (TPSA) is 51.2 Å². The Bertz CT molecular complexity index is 580. The molecular weight excluding hydrogens is 292 g/mol. The Balaban J connectivity index is 1.34. The van der Waals surface area contributed by atoms with Crippen molar-refractivity contribution < 1.29 is 19.3 Å². The second kappa shape index (κ2) is 4.21. The summed E-state index contributed by atoms with van der Waals surface area (Å²) in [4.78, 5) is 0. The molecular formula is C19H26O4. The van der Waals surface area contributed by atoms with Crippen LogP contribution in [0.3, 0.4) is 0 Å². The van der Waals surface area contributed by atoms with Crippen LogP contribution in [0, 0.1) is 17.8 Å². The van der Waals surface area contributed by atoms with Crippen LogP contribution in [-0.4, -0.2) is 41.4 Å². The van der Waals surface area contributed by atoms with Gasteiger partial charge in [-0.3, -0.25) is 0 Å². The van der Waals surface area contributed by atoms with Crippen molar-refractivity contribution in [2.45, 2.75) is 74.5 Å². The number of aliphatic hydroxyl groups excluding tert-OH is 1. The van der Waals surface area contributed by atoms with Gasteiger partial charge in [0.25, 0.3) is 0 Å². The van der Waals surface area contributed by atoms with E-state index in [-0.39, 0.29) is 23.1 Å². The van der Waals surface area contributed by atoms with Gasteiger partial charge in [-0.05, 0) is 61.9 Å². The van der Waals surface area contributed by atoms with Gasteiger partial charge in [0.05, 0.1) is 19.3 Å². The Labute approximate surface area is 137 Å². The molecule has 2 saturated heterocycles. The van der Waals surface area contributed by atoms with Crippen molar-refractivity contribution >= 4 is 0 Å². The van der Waals surface area contributed by atoms with Crippen LogP contribution in [0.1, 0.15) is 51.4 Å². The van der Waals surface area contributed by atoms with E-state index >= 15 is 0 Å². The van der Waals surface area contributed by atoms with E-state index in [1.54, 1.807) is 5.57 Å². The van der Waals surface area contributed by atoms with Gasteiger partial charge in [-0.2, -0.15) is 0 Å². The van der Waals surface area contributed by atoms with E-state index in [9.17, 15) is 5.11 Å². The molecule has 1 N–H and O–H groups in total. The van der Waals surface area contributed by atoms with E-state index in [1.807, 2.05) is 0 Å². The van der Waals surface area contributed by atoms with Gasteiger partial charge in [0.1, 0.15) is 11.2 Å². The number of hydrogen-bond acceptors (Lipinski definition) is 4. The molecule has 6 atom stereocenters. The number of aliphatic hydroxyl groups is 1. The smallest absolute Gasteiger partial charge is 0.171 e. The zero-order valence-corrected chi connectivity index (χ0v) is 13.6. The average Bonchev–Trinajstić information content (AvgIpc) is 2.81. The van der Waals surface area contributed by atoms with Gasteiger partial charge in [-0.25, -0.2) is 0 Å². The molecule has 6 rings (SSSR count). The van der Waals surface area contributed by atoms with Crippen LogP contribution in [-0.2, 0) is 14.2 Å². The molecule has 2 aliphatic heterocycles. The highest BCUT2D eigenvalue weighted by Gasteiger charge is 2.78. The average molecular weight is 318 g/mol. The van der Waals surface area contributed by atoms with Crippen LogP contribution in [0.25, 0.3) is 0 Å². The van der Waals surface area contributed by atoms with Gasteiger partial charge < -0.3 is 19.3 Å². The van der Waals surface area contributed by atoms with Gasteiger partial charge in [-0.15, -0.1) is 0 Å². The van der Waals surface area contributed by atoms with Crippen molar-refractivity contribution in [3.05, 3.63) is 11.6 Å². The van der Waals surface area contributed by atoms with E-state index in [0.717, 1.165) is 51.7 Å². The van der Waals surface area contributed by atoms with Crippen LogP contribution in [0.4, 0.5) is 0 Å². The number of ether oxygens (including phenoxy) is 3. The summed E-state index contributed by atoms with van der Waals surface area (Å²) in [5.74, 6) is 1.49. The summed E-state index contributed by atoms with van der Waals surface area (Å²) >= 11 is 0. The lowest BCUT2D eigenvalue weighted by atomic mass is 9.57. The first-order valence-corrected chi connectivity index (χ1v) is 9.54. The van der Waals surface area contributed by atoms with E-state index in [1.165, 1.54) is 12.8 Å². The maximum Gasteiger partial charge on any atom is 0.171 e. The Morgan fingerprint density at radius 1 is 1.00 bits per heavy atom. The molecule has 6 aliphatic rings. The first kappa shape index (κ1) is 13.8. The Morgan fingerprint density at radius 3 is 2.74 bits per heavy atom. The third-order valence-electron chi connectivity index (χ3n) is 7.98. The minimum Gasteiger partial charge on any atom is -0.393 e. The van der Waals surface area contributed by atoms with Crippen LogP contribution in [0.5, 0.6) is 0 Å². The van der Waals surface area contributed by atoms with Crippen molar-refractivity contribution in [3.8, 4) is 0 Å². The van der Waals surface area contributed by atoms with Crippen molar-refractivity contribution in [3.63, 3.8) is 0 Å². The van der Waals surface area contributed by atoms with E-state index in [4.69, 9.17) is 14.2 Å². The van der Waals surface area contributed by atoms with Crippen molar-refractivity contribution in [2.75, 3.05) is 13.2 Å². The number of epoxide rings is 1. The molecule has 126 valence electrons. The van der Waals surface area contributed by atoms with Gasteiger partial charge in [0.15, 0.2) is 5.79 Å². The Hall–Kier alpha value is -0.420. The second-order valence-corrected chi connectivity index (χ2v) is 8.72. The van der Waals surface area contributed by atoms with Gasteiger partial charge >= 0.3 is 0 Å². The molecule has 3 saturated carbocycles. The molecule has 6 unspecified atom stereocenters. The third kappa shape index (κ3) is 1.57. The minimum absolute atomic E-state index is 0.00497. The number of hydrogen-bond donors (Lipinski definition) is 1. The molecule has 0 radical (unpaired) electrons. The molecule has 0 aromatic carbocycles. The van der Waals surface area contributed by atoms with Crippen molar-refractivity contribution in [2.24, 2.45) is 17.8 Å². The fraction of sp³-hybridized carbons (Fsp3) is 0.895. The molecule has 2 heterocycles. The zero-order chi connectivity index (χ0) is 15.3. The zero-order valence-electron chi connectivity index (χ0n) is 13.6. The van der Waals surface area contributed by atoms with Crippen LogP contribution >= 0.6 is 0 Å². The first-order chi connectivity index (χ1) is 11.2. The standard InChI is InChI=1S/C19H26O4/c20-16-4-2-12-13-5-6-17-11-18(21-9-10-22-18)7-8-19(17,23-17)15(13)3-1-14(12)16/h3,12-14,16,20H,1-2,4-11H2. The maximum absolute atomic E-state index is 10.3. The summed E-state index contributed by atoms with van der Waals surface area (Å²) in [5.41, 5.74) is 1.57. The lowest BCUT2D eigenvalue weighted by Crippen LogP contribution is -2.50. The summed E-state index contributed by atoms with van der Waals surface area (Å²) < 4.78 is 18.5. The number of fused-ring (bicyclic) bond motifs is 3. The minimum atomic E-state index is -0.353. The summed E-state index contributed by atoms with van der Waals surface area (Å²) in [7, 11) is 0. The summed E-state index contributed by atoms with van der Waals surface area (Å²) in [6.45, 7) is 1.46. The lowest BCUT2D eigenvalue weighted by Gasteiger charge is -2.46. The molecule has 1 spiro atoms. The molecule has 0 bridgehead atoms. The van der Waals surface area contributed by atoms with Crippen LogP contribution in [0.2, 0.25) is 0 Å². The molecule has 23 heavy (non-hydrogen) atoms. The normalized spacial score (nSPS) is 55.6. The first-order valence-electron chi connectivity index (χ1n) is 9.54. The highest BCUT2D eigenvalue weighted by atomic mass is 16.7. The fourth-order valence-corrected chi connectivity index (χ4v) is 6.98. The summed E-state index contributed by atoms with van der Waals surface area (Å²) in [6, 6.07) is 0. The van der Waals surface area contributed by atoms with E-state index in [0.29, 0.717) is 17.8 Å². The molecule has 0 aromatic heterocycles. The van der Waals surface area contributed by atoms with Gasteiger partial charge in [0, 0.05) is 12.8 Å². The molecule has 0 aromatic rings. The number of rotatable bonds is 0. The molecule has 4 heteroatoms. The van der Waals surface area contributed by atoms with Crippen LogP contribution < -0.4 is 0 Å². The molecule has 4 nitrogen and oxygen atoms in total. The van der Waals surface area contributed by atoms with Gasteiger partial charge in [0.2, 0.25) is 0 Å². The fourth-order valence-electron chi connectivity index (χ4n) is 6.98. The summed E-state index contributed by atoms with van der Waals surface area (Å²) in [5, 5.41) is 10.3. The Morgan fingerprint density at radius 2 is 1.87 bits per heavy atom. The summed E-state index contributed by atoms with van der Waals surface area (Å²) in [6.07, 6.45) is 10.9. The predicted molar refractivity (Wildman–Crippen MR) is 82.7 cm³/mol. The molecule has 5 fully saturated rings. The Kier molecular flexibility index (Phi) is 2.53. The van der Waals surface area contributed by atoms with E-state index in [2.05, 4.69) is 6.08 Å². The highest BCUT2D eigenvalue weighted by Crippen LogP contribution is 2.72. The van der Waals surface area contributed by atoms with Crippen molar-refractivity contribution in [1.29, 1.82) is 0 Å². The number of allylic oxidation sites excluding steroid dienone is 1. The highest BCUT2D eigenvalue weighted by molar-refractivity contribution is 5.42. The van der Waals surface area contributed by atoms with Gasteiger partial charge in [-0.1, -0.05) is 6.08 Å². The largest absolute Gasteiger partial charge is 0.393 e. The molecule has 4 aliphatic carbocycles. The third-order valence-corrected chi connectivity index (χ3v) is 7.98. The molecule has 0 amide bonds. The lowest BCUT2D eigenvalue weighted by molar-refractivity contribution is -0.185. The van der Waals surface area contributed by atoms with Crippen molar-refractivity contribution in [1.82, 2.24) is 0 Å². The van der Waals surface area contributed by atoms with E-state index < -0.39 is 0 Å². The predicted octanol–water partition coefficient (Wildman–Crippen LogP) is 2.55. The second-order valence-electron chi connectivity index (χ2n) is 8.72. The maximum atomic E-state index is 10.3.